The van der Waals surface area contributed by atoms with Gasteiger partial charge in [-0.05, 0) is 20.3 Å². The summed E-state index contributed by atoms with van der Waals surface area (Å²) in [4.78, 5) is 10.1. The standard InChI is InChI=1S/C13H24N4S/c1-4-6-7-8-15-13(14-5-2)16-9-12-11(3)17-10-18-12/h10H,4-9H2,1-3H3,(H2,14,15,16). The zero-order valence-electron chi connectivity index (χ0n) is 11.6. The van der Waals surface area contributed by atoms with E-state index in [-0.39, 0.29) is 0 Å². The van der Waals surface area contributed by atoms with Crippen LogP contribution in [0.25, 0.3) is 0 Å². The van der Waals surface area contributed by atoms with E-state index in [1.807, 2.05) is 12.4 Å². The van der Waals surface area contributed by atoms with Crippen LogP contribution >= 0.6 is 11.3 Å². The number of nitrogens with one attached hydrogen (secondary N) is 2. The summed E-state index contributed by atoms with van der Waals surface area (Å²) in [5, 5.41) is 6.63. The molecule has 2 N–H and O–H groups in total. The van der Waals surface area contributed by atoms with Crippen molar-refractivity contribution in [2.45, 2.75) is 46.6 Å². The van der Waals surface area contributed by atoms with E-state index in [2.05, 4.69) is 34.5 Å². The Morgan fingerprint density at radius 3 is 2.78 bits per heavy atom. The van der Waals surface area contributed by atoms with E-state index in [0.29, 0.717) is 6.54 Å². The fraction of sp³-hybridized carbons (Fsp3) is 0.692. The summed E-state index contributed by atoms with van der Waals surface area (Å²) in [6.07, 6.45) is 3.70. The van der Waals surface area contributed by atoms with E-state index in [0.717, 1.165) is 24.7 Å². The number of hydrogen-bond donors (Lipinski definition) is 2. The molecule has 1 aromatic rings. The second-order valence-electron chi connectivity index (χ2n) is 4.19. The summed E-state index contributed by atoms with van der Waals surface area (Å²) in [5.74, 6) is 0.904. The molecule has 0 spiro atoms. The van der Waals surface area contributed by atoms with Gasteiger partial charge in [0.15, 0.2) is 5.96 Å². The number of thiazole rings is 1. The normalized spacial score (nSPS) is 11.6. The minimum Gasteiger partial charge on any atom is -0.357 e. The molecule has 0 aliphatic heterocycles. The summed E-state index contributed by atoms with van der Waals surface area (Å²) in [7, 11) is 0. The molecule has 0 bridgehead atoms. The van der Waals surface area contributed by atoms with Crippen LogP contribution in [0, 0.1) is 6.92 Å². The Hall–Kier alpha value is -1.10. The van der Waals surface area contributed by atoms with Gasteiger partial charge >= 0.3 is 0 Å². The largest absolute Gasteiger partial charge is 0.357 e. The van der Waals surface area contributed by atoms with Crippen molar-refractivity contribution in [3.8, 4) is 0 Å². The van der Waals surface area contributed by atoms with E-state index >= 15 is 0 Å². The molecule has 4 nitrogen and oxygen atoms in total. The first-order valence-electron chi connectivity index (χ1n) is 6.69. The van der Waals surface area contributed by atoms with Gasteiger partial charge in [-0.1, -0.05) is 19.8 Å². The molecule has 1 rings (SSSR count). The summed E-state index contributed by atoms with van der Waals surface area (Å²) >= 11 is 1.67. The third kappa shape index (κ3) is 5.49. The molecular weight excluding hydrogens is 244 g/mol. The number of aromatic nitrogens is 1. The Balaban J connectivity index is 2.42. The van der Waals surface area contributed by atoms with Gasteiger partial charge in [-0.15, -0.1) is 11.3 Å². The van der Waals surface area contributed by atoms with Crippen LogP contribution in [0.1, 0.15) is 43.7 Å². The molecule has 0 aliphatic carbocycles. The lowest BCUT2D eigenvalue weighted by atomic mass is 10.2. The van der Waals surface area contributed by atoms with E-state index in [1.165, 1.54) is 24.1 Å². The highest BCUT2D eigenvalue weighted by molar-refractivity contribution is 7.09. The summed E-state index contributed by atoms with van der Waals surface area (Å²) in [6, 6.07) is 0. The predicted molar refractivity (Wildman–Crippen MR) is 79.2 cm³/mol. The highest BCUT2D eigenvalue weighted by atomic mass is 32.1. The molecule has 0 aliphatic rings. The van der Waals surface area contributed by atoms with Crippen molar-refractivity contribution in [2.24, 2.45) is 4.99 Å². The van der Waals surface area contributed by atoms with Gasteiger partial charge in [0.1, 0.15) is 0 Å². The van der Waals surface area contributed by atoms with Crippen LogP contribution in [0.15, 0.2) is 10.5 Å². The second-order valence-corrected chi connectivity index (χ2v) is 5.13. The van der Waals surface area contributed by atoms with Crippen molar-refractivity contribution in [3.63, 3.8) is 0 Å². The van der Waals surface area contributed by atoms with Gasteiger partial charge in [0.2, 0.25) is 0 Å². The van der Waals surface area contributed by atoms with Gasteiger partial charge in [-0.25, -0.2) is 9.98 Å². The molecule has 0 saturated heterocycles. The number of aryl methyl sites for hydroxylation is 1. The molecule has 1 heterocycles. The Kier molecular flexibility index (Phi) is 7.41. The fourth-order valence-corrected chi connectivity index (χ4v) is 2.25. The number of aliphatic imine (C=N–C) groups is 1. The predicted octanol–water partition coefficient (Wildman–Crippen LogP) is 2.70. The van der Waals surface area contributed by atoms with Crippen LogP contribution < -0.4 is 10.6 Å². The van der Waals surface area contributed by atoms with E-state index in [4.69, 9.17) is 0 Å². The number of rotatable bonds is 7. The summed E-state index contributed by atoms with van der Waals surface area (Å²) < 4.78 is 0. The minimum absolute atomic E-state index is 0.708. The monoisotopic (exact) mass is 268 g/mol. The zero-order valence-corrected chi connectivity index (χ0v) is 12.4. The number of unbranched alkanes of at least 4 members (excludes halogenated alkanes) is 2. The third-order valence-electron chi connectivity index (χ3n) is 2.64. The number of nitrogens with zero attached hydrogens (tertiary/aromatic N) is 2. The first-order valence-corrected chi connectivity index (χ1v) is 7.57. The summed E-state index contributed by atoms with van der Waals surface area (Å²) in [5.41, 5.74) is 2.97. The van der Waals surface area contributed by atoms with Crippen molar-refractivity contribution < 1.29 is 0 Å². The van der Waals surface area contributed by atoms with Crippen molar-refractivity contribution >= 4 is 17.3 Å². The Morgan fingerprint density at radius 2 is 2.17 bits per heavy atom. The maximum atomic E-state index is 4.58. The van der Waals surface area contributed by atoms with Crippen molar-refractivity contribution in [2.75, 3.05) is 13.1 Å². The smallest absolute Gasteiger partial charge is 0.191 e. The molecule has 18 heavy (non-hydrogen) atoms. The molecule has 0 aromatic carbocycles. The summed E-state index contributed by atoms with van der Waals surface area (Å²) in [6.45, 7) is 8.91. The fourth-order valence-electron chi connectivity index (χ4n) is 1.55. The van der Waals surface area contributed by atoms with Crippen LogP contribution in [0.3, 0.4) is 0 Å². The lowest BCUT2D eigenvalue weighted by Gasteiger charge is -2.10. The molecular formula is C13H24N4S. The first kappa shape index (κ1) is 15.0. The Labute approximate surface area is 114 Å². The Bertz CT molecular complexity index is 360. The van der Waals surface area contributed by atoms with Crippen molar-refractivity contribution in [3.05, 3.63) is 16.1 Å². The molecule has 0 amide bonds. The highest BCUT2D eigenvalue weighted by Gasteiger charge is 2.01. The van der Waals surface area contributed by atoms with E-state index in [1.54, 1.807) is 11.3 Å². The highest BCUT2D eigenvalue weighted by Crippen LogP contribution is 2.12. The SMILES string of the molecule is CCCCCNC(=NCc1scnc1C)NCC. The molecule has 102 valence electrons. The van der Waals surface area contributed by atoms with Crippen LogP contribution in [0.5, 0.6) is 0 Å². The van der Waals surface area contributed by atoms with E-state index < -0.39 is 0 Å². The van der Waals surface area contributed by atoms with Gasteiger partial charge < -0.3 is 10.6 Å². The molecule has 0 saturated carbocycles. The average Bonchev–Trinajstić information content (AvgIpc) is 2.77. The van der Waals surface area contributed by atoms with Crippen LogP contribution in [0.2, 0.25) is 0 Å². The van der Waals surface area contributed by atoms with Gasteiger partial charge in [-0.2, -0.15) is 0 Å². The van der Waals surface area contributed by atoms with Gasteiger partial charge in [0.25, 0.3) is 0 Å². The number of hydrogen-bond acceptors (Lipinski definition) is 3. The molecule has 0 radical (unpaired) electrons. The van der Waals surface area contributed by atoms with Gasteiger partial charge in [0.05, 0.1) is 17.7 Å². The van der Waals surface area contributed by atoms with E-state index in [9.17, 15) is 0 Å². The van der Waals surface area contributed by atoms with Gasteiger partial charge in [0, 0.05) is 18.0 Å². The molecule has 0 fully saturated rings. The quantitative estimate of drug-likeness (QED) is 0.454. The van der Waals surface area contributed by atoms with Crippen molar-refractivity contribution in [1.82, 2.24) is 15.6 Å². The zero-order chi connectivity index (χ0) is 13.2. The second kappa shape index (κ2) is 8.91. The molecule has 0 unspecified atom stereocenters. The van der Waals surface area contributed by atoms with Crippen molar-refractivity contribution in [1.29, 1.82) is 0 Å². The minimum atomic E-state index is 0.708. The topological polar surface area (TPSA) is 49.3 Å². The molecule has 5 heteroatoms. The lowest BCUT2D eigenvalue weighted by molar-refractivity contribution is 0.683. The average molecular weight is 268 g/mol. The van der Waals surface area contributed by atoms with Gasteiger partial charge in [-0.3, -0.25) is 0 Å². The first-order chi connectivity index (χ1) is 8.77. The Morgan fingerprint density at radius 1 is 1.33 bits per heavy atom. The number of guanidine groups is 1. The lowest BCUT2D eigenvalue weighted by Crippen LogP contribution is -2.37. The maximum absolute atomic E-state index is 4.58. The maximum Gasteiger partial charge on any atom is 0.191 e. The molecule has 1 aromatic heterocycles. The molecule has 0 atom stereocenters. The third-order valence-corrected chi connectivity index (χ3v) is 3.56. The van der Waals surface area contributed by atoms with Crippen LogP contribution in [-0.2, 0) is 6.54 Å². The van der Waals surface area contributed by atoms with Crippen LogP contribution in [-0.4, -0.2) is 24.0 Å². The van der Waals surface area contributed by atoms with Crippen LogP contribution in [0.4, 0.5) is 0 Å².